The van der Waals surface area contributed by atoms with Gasteiger partial charge in [0, 0.05) is 47.4 Å². The molecule has 1 aromatic carbocycles. The van der Waals surface area contributed by atoms with E-state index in [1.165, 1.54) is 19.3 Å². The number of ketones is 1. The molecule has 0 bridgehead atoms. The monoisotopic (exact) mass is 393 g/mol. The molecule has 152 valence electrons. The van der Waals surface area contributed by atoms with Crippen LogP contribution in [0.25, 0.3) is 16.8 Å². The first-order valence-corrected chi connectivity index (χ1v) is 9.53. The van der Waals surface area contributed by atoms with Gasteiger partial charge in [0.25, 0.3) is 0 Å². The molecule has 29 heavy (non-hydrogen) atoms. The second-order valence-corrected chi connectivity index (χ2v) is 8.46. The largest absolute Gasteiger partial charge is 0.496 e. The summed E-state index contributed by atoms with van der Waals surface area (Å²) < 4.78 is 7.61. The highest BCUT2D eigenvalue weighted by Crippen LogP contribution is 2.44. The fourth-order valence-corrected chi connectivity index (χ4v) is 3.96. The van der Waals surface area contributed by atoms with Crippen molar-refractivity contribution in [2.45, 2.75) is 40.2 Å². The second kappa shape index (κ2) is 7.35. The summed E-state index contributed by atoms with van der Waals surface area (Å²) in [6, 6.07) is 5.47. The van der Waals surface area contributed by atoms with E-state index in [1.54, 1.807) is 19.4 Å². The third kappa shape index (κ3) is 3.50. The number of fused-ring (bicyclic) bond motifs is 3. The Morgan fingerprint density at radius 2 is 1.97 bits per heavy atom. The number of methoxy groups -OCH3 is 1. The van der Waals surface area contributed by atoms with Gasteiger partial charge < -0.3 is 20.4 Å². The molecule has 1 unspecified atom stereocenters. The first kappa shape index (κ1) is 20.6. The highest BCUT2D eigenvalue weighted by atomic mass is 16.5. The van der Waals surface area contributed by atoms with Gasteiger partial charge in [0.05, 0.1) is 18.4 Å². The summed E-state index contributed by atoms with van der Waals surface area (Å²) in [6.45, 7) is 7.85. The summed E-state index contributed by atoms with van der Waals surface area (Å²) in [6.07, 6.45) is 5.01. The Bertz CT molecular complexity index is 1090. The van der Waals surface area contributed by atoms with Gasteiger partial charge in [-0.15, -0.1) is 0 Å². The zero-order valence-electron chi connectivity index (χ0n) is 17.5. The zero-order valence-corrected chi connectivity index (χ0v) is 17.5. The molecular weight excluding hydrogens is 366 g/mol. The number of Topliss-reactive ketones (excluding diaryl/α,β-unsaturated/α-hetero) is 1. The number of allylic oxidation sites excluding steroid dienone is 1. The van der Waals surface area contributed by atoms with E-state index < -0.39 is 0 Å². The number of aromatic nitrogens is 1. The molecule has 3 N–H and O–H groups in total. The van der Waals surface area contributed by atoms with E-state index in [2.05, 4.69) is 25.3 Å². The van der Waals surface area contributed by atoms with Crippen molar-refractivity contribution < 1.29 is 9.53 Å². The van der Waals surface area contributed by atoms with Crippen molar-refractivity contribution in [2.75, 3.05) is 7.11 Å². The standard InChI is InChI=1S/C23H27N3O3/c1-13(27)18-12-26-19(9-20(18)28)16-8-21(29-5)17(15(10-24)11-25)6-14(16)7-22(26)23(2,3)4/h6,8-12,22,24H,7,25H2,1-5H3/b15-11+,24-10?. The number of rotatable bonds is 4. The molecule has 6 nitrogen and oxygen atoms in total. The Morgan fingerprint density at radius 3 is 2.48 bits per heavy atom. The number of nitrogens with one attached hydrogen (secondary N) is 1. The lowest BCUT2D eigenvalue weighted by Crippen LogP contribution is -2.32. The van der Waals surface area contributed by atoms with Crippen molar-refractivity contribution in [1.29, 1.82) is 5.41 Å². The number of ether oxygens (including phenoxy) is 1. The van der Waals surface area contributed by atoms with Crippen LogP contribution in [0.15, 0.2) is 35.4 Å². The van der Waals surface area contributed by atoms with E-state index in [-0.39, 0.29) is 28.2 Å². The summed E-state index contributed by atoms with van der Waals surface area (Å²) in [5.74, 6) is 0.341. The van der Waals surface area contributed by atoms with Gasteiger partial charge in [-0.05, 0) is 36.5 Å². The molecule has 0 saturated carbocycles. The Morgan fingerprint density at radius 1 is 1.28 bits per heavy atom. The van der Waals surface area contributed by atoms with Crippen LogP contribution in [0.2, 0.25) is 0 Å². The quantitative estimate of drug-likeness (QED) is 0.609. The minimum absolute atomic E-state index is 0.0511. The van der Waals surface area contributed by atoms with Gasteiger partial charge >= 0.3 is 0 Å². The Labute approximate surface area is 170 Å². The third-order valence-corrected chi connectivity index (χ3v) is 5.55. The molecule has 1 aliphatic heterocycles. The molecule has 0 aliphatic carbocycles. The molecule has 1 atom stereocenters. The molecule has 0 fully saturated rings. The van der Waals surface area contributed by atoms with Crippen LogP contribution in [0.5, 0.6) is 5.75 Å². The number of hydrogen-bond donors (Lipinski definition) is 2. The average Bonchev–Trinajstić information content (AvgIpc) is 2.66. The van der Waals surface area contributed by atoms with Gasteiger partial charge in [0.2, 0.25) is 0 Å². The predicted octanol–water partition coefficient (Wildman–Crippen LogP) is 3.82. The normalized spacial score (nSPS) is 16.0. The van der Waals surface area contributed by atoms with Crippen LogP contribution in [0, 0.1) is 10.8 Å². The number of carbonyl (C=O) groups is 1. The Hall–Kier alpha value is -3.15. The van der Waals surface area contributed by atoms with Crippen molar-refractivity contribution in [2.24, 2.45) is 11.1 Å². The van der Waals surface area contributed by atoms with Gasteiger partial charge in [0.15, 0.2) is 11.2 Å². The van der Waals surface area contributed by atoms with Crippen LogP contribution >= 0.6 is 0 Å². The van der Waals surface area contributed by atoms with E-state index in [1.807, 2.05) is 12.1 Å². The number of nitrogens with two attached hydrogens (primary N) is 1. The van der Waals surface area contributed by atoms with Gasteiger partial charge in [-0.2, -0.15) is 0 Å². The number of carbonyl (C=O) groups excluding carboxylic acids is 1. The maximum Gasteiger partial charge on any atom is 0.192 e. The number of pyridine rings is 1. The van der Waals surface area contributed by atoms with Gasteiger partial charge in [-0.25, -0.2) is 0 Å². The summed E-state index contributed by atoms with van der Waals surface area (Å²) in [5, 5.41) is 7.65. The van der Waals surface area contributed by atoms with Crippen molar-refractivity contribution in [3.05, 3.63) is 57.5 Å². The smallest absolute Gasteiger partial charge is 0.192 e. The topological polar surface area (TPSA) is 98.2 Å². The fourth-order valence-electron chi connectivity index (χ4n) is 3.96. The van der Waals surface area contributed by atoms with Crippen LogP contribution in [-0.4, -0.2) is 23.7 Å². The molecule has 2 aromatic rings. The van der Waals surface area contributed by atoms with E-state index in [4.69, 9.17) is 15.9 Å². The van der Waals surface area contributed by atoms with E-state index in [0.29, 0.717) is 11.3 Å². The molecule has 3 rings (SSSR count). The molecule has 0 spiro atoms. The van der Waals surface area contributed by atoms with Gasteiger partial charge in [0.1, 0.15) is 5.75 Å². The molecule has 2 heterocycles. The fraction of sp³-hybridized carbons (Fsp3) is 0.348. The summed E-state index contributed by atoms with van der Waals surface area (Å²) in [4.78, 5) is 24.6. The zero-order chi connectivity index (χ0) is 21.5. The van der Waals surface area contributed by atoms with E-state index in [9.17, 15) is 9.59 Å². The van der Waals surface area contributed by atoms with Gasteiger partial charge in [-0.1, -0.05) is 20.8 Å². The highest BCUT2D eigenvalue weighted by molar-refractivity contribution is 6.09. The predicted molar refractivity (Wildman–Crippen MR) is 116 cm³/mol. The third-order valence-electron chi connectivity index (χ3n) is 5.55. The average molecular weight is 393 g/mol. The number of hydrogen-bond acceptors (Lipinski definition) is 5. The minimum atomic E-state index is -0.283. The lowest BCUT2D eigenvalue weighted by molar-refractivity contribution is 0.101. The molecule has 1 aliphatic rings. The molecule has 6 heteroatoms. The van der Waals surface area contributed by atoms with Crippen LogP contribution in [-0.2, 0) is 6.42 Å². The molecule has 1 aromatic heterocycles. The van der Waals surface area contributed by atoms with Crippen molar-refractivity contribution in [3.63, 3.8) is 0 Å². The minimum Gasteiger partial charge on any atom is -0.496 e. The highest BCUT2D eigenvalue weighted by Gasteiger charge is 2.34. The Balaban J connectivity index is 2.36. The summed E-state index contributed by atoms with van der Waals surface area (Å²) in [7, 11) is 1.57. The lowest BCUT2D eigenvalue weighted by Gasteiger charge is -2.39. The summed E-state index contributed by atoms with van der Waals surface area (Å²) in [5.41, 5.74) is 9.53. The molecular formula is C23H27N3O3. The van der Waals surface area contributed by atoms with Crippen LogP contribution in [0.3, 0.4) is 0 Å². The van der Waals surface area contributed by atoms with Crippen molar-refractivity contribution in [3.8, 4) is 17.0 Å². The van der Waals surface area contributed by atoms with Crippen LogP contribution in [0.4, 0.5) is 0 Å². The summed E-state index contributed by atoms with van der Waals surface area (Å²) >= 11 is 0. The number of benzene rings is 1. The SMILES string of the molecule is COc1cc2c(cc1/C(C=N)=C/N)CC(C(C)(C)C)n1cc(C(C)=O)c(=O)cc1-2. The first-order valence-electron chi connectivity index (χ1n) is 9.53. The Kier molecular flexibility index (Phi) is 5.22. The molecule has 0 radical (unpaired) electrons. The maximum absolute atomic E-state index is 12.6. The lowest BCUT2D eigenvalue weighted by atomic mass is 9.78. The van der Waals surface area contributed by atoms with Crippen molar-refractivity contribution in [1.82, 2.24) is 4.57 Å². The van der Waals surface area contributed by atoms with E-state index >= 15 is 0 Å². The van der Waals surface area contributed by atoms with Crippen LogP contribution < -0.4 is 15.9 Å². The number of nitrogens with zero attached hydrogens (tertiary/aromatic N) is 1. The molecule has 0 saturated heterocycles. The van der Waals surface area contributed by atoms with E-state index in [0.717, 1.165) is 28.8 Å². The van der Waals surface area contributed by atoms with Crippen molar-refractivity contribution >= 4 is 17.6 Å². The first-order chi connectivity index (χ1) is 13.6. The second-order valence-electron chi connectivity index (χ2n) is 8.46. The van der Waals surface area contributed by atoms with Gasteiger partial charge in [-0.3, -0.25) is 9.59 Å². The van der Waals surface area contributed by atoms with Crippen LogP contribution in [0.1, 0.15) is 55.2 Å². The maximum atomic E-state index is 12.6. The molecule has 0 amide bonds.